The van der Waals surface area contributed by atoms with Crippen molar-refractivity contribution in [3.05, 3.63) is 41.2 Å². The molecule has 1 aromatic carbocycles. The second-order valence-corrected chi connectivity index (χ2v) is 8.97. The molecular formula is C24H29F3N2O12. The Morgan fingerprint density at radius 1 is 1.10 bits per heavy atom. The number of nitriles is 1. The predicted molar refractivity (Wildman–Crippen MR) is 127 cm³/mol. The van der Waals surface area contributed by atoms with E-state index in [9.17, 15) is 68.9 Å². The van der Waals surface area contributed by atoms with Crippen molar-refractivity contribution in [1.29, 1.82) is 5.26 Å². The summed E-state index contributed by atoms with van der Waals surface area (Å²) in [7, 11) is 0. The number of ether oxygens (including phenoxy) is 2. The van der Waals surface area contributed by atoms with Gasteiger partial charge >= 0.3 is 6.18 Å². The summed E-state index contributed by atoms with van der Waals surface area (Å²) < 4.78 is 49.4. The van der Waals surface area contributed by atoms with E-state index >= 15 is 0 Å². The molecule has 2 rings (SSSR count). The van der Waals surface area contributed by atoms with Crippen molar-refractivity contribution < 1.29 is 73.1 Å². The largest absolute Gasteiger partial charge is 0.511 e. The van der Waals surface area contributed by atoms with Crippen molar-refractivity contribution in [2.75, 3.05) is 24.7 Å². The SMILES string of the molecule is C/C(O)=C(\C#N)C(=O)N(CC(=O)C(O)C(O[C@@H]1O[C@H](CO)[C@H](O)[C@H](O)[C@H]1O)C(O)CO)c1ccc(C(F)(F)F)cc1. The molecule has 8 atom stereocenters. The molecule has 1 heterocycles. The molecule has 228 valence electrons. The topological polar surface area (TPSA) is 241 Å². The van der Waals surface area contributed by atoms with Gasteiger partial charge in [0.2, 0.25) is 0 Å². The van der Waals surface area contributed by atoms with E-state index in [2.05, 4.69) is 0 Å². The average molecular weight is 594 g/mol. The highest BCUT2D eigenvalue weighted by atomic mass is 19.4. The minimum absolute atomic E-state index is 0.369. The van der Waals surface area contributed by atoms with E-state index in [1.54, 1.807) is 0 Å². The third kappa shape index (κ3) is 7.97. The number of halogens is 3. The molecule has 1 aliphatic rings. The van der Waals surface area contributed by atoms with Gasteiger partial charge in [0.15, 0.2) is 17.6 Å². The average Bonchev–Trinajstić information content (AvgIpc) is 2.93. The smallest absolute Gasteiger partial charge is 0.416 e. The molecule has 1 saturated heterocycles. The molecule has 0 radical (unpaired) electrons. The van der Waals surface area contributed by atoms with Crippen LogP contribution in [0.1, 0.15) is 12.5 Å². The monoisotopic (exact) mass is 594 g/mol. The summed E-state index contributed by atoms with van der Waals surface area (Å²) in [5, 5.41) is 88.7. The van der Waals surface area contributed by atoms with Gasteiger partial charge < -0.3 is 55.2 Å². The first-order valence-electron chi connectivity index (χ1n) is 11.8. The van der Waals surface area contributed by atoms with Gasteiger partial charge in [-0.1, -0.05) is 0 Å². The van der Waals surface area contributed by atoms with Crippen molar-refractivity contribution >= 4 is 17.4 Å². The van der Waals surface area contributed by atoms with E-state index in [1.807, 2.05) is 0 Å². The summed E-state index contributed by atoms with van der Waals surface area (Å²) in [5.74, 6) is -3.50. The molecule has 1 fully saturated rings. The number of benzene rings is 1. The first kappa shape index (κ1) is 34.0. The predicted octanol–water partition coefficient (Wildman–Crippen LogP) is -2.14. The first-order chi connectivity index (χ1) is 19.1. The Balaban J connectivity index is 2.41. The number of hydrogen-bond acceptors (Lipinski definition) is 13. The molecule has 41 heavy (non-hydrogen) atoms. The third-order valence-corrected chi connectivity index (χ3v) is 6.10. The van der Waals surface area contributed by atoms with Gasteiger partial charge in [0.05, 0.1) is 25.3 Å². The van der Waals surface area contributed by atoms with Crippen molar-refractivity contribution in [1.82, 2.24) is 0 Å². The van der Waals surface area contributed by atoms with Crippen LogP contribution in [-0.4, -0.2) is 121 Å². The molecule has 1 aliphatic heterocycles. The number of carbonyl (C=O) groups is 2. The van der Waals surface area contributed by atoms with Gasteiger partial charge in [-0.2, -0.15) is 18.4 Å². The highest BCUT2D eigenvalue weighted by molar-refractivity contribution is 6.11. The van der Waals surface area contributed by atoms with E-state index < -0.39 is 104 Å². The zero-order valence-corrected chi connectivity index (χ0v) is 21.3. The maximum Gasteiger partial charge on any atom is 0.416 e. The summed E-state index contributed by atoms with van der Waals surface area (Å²) in [4.78, 5) is 26.5. The van der Waals surface area contributed by atoms with Gasteiger partial charge in [0.1, 0.15) is 54.6 Å². The summed E-state index contributed by atoms with van der Waals surface area (Å²) in [6, 6.07) is 4.10. The Hall–Kier alpha value is -3.18. The van der Waals surface area contributed by atoms with Crippen LogP contribution in [-0.2, 0) is 25.2 Å². The van der Waals surface area contributed by atoms with Crippen molar-refractivity contribution in [2.24, 2.45) is 0 Å². The van der Waals surface area contributed by atoms with Gasteiger partial charge in [-0.05, 0) is 31.2 Å². The summed E-state index contributed by atoms with van der Waals surface area (Å²) in [6.07, 6.45) is -20.6. The number of alkyl halides is 3. The van der Waals surface area contributed by atoms with Crippen LogP contribution in [0, 0.1) is 11.3 Å². The number of rotatable bonds is 11. The summed E-state index contributed by atoms with van der Waals surface area (Å²) >= 11 is 0. The Morgan fingerprint density at radius 2 is 1.68 bits per heavy atom. The minimum Gasteiger partial charge on any atom is -0.511 e. The van der Waals surface area contributed by atoms with Crippen LogP contribution in [0.5, 0.6) is 0 Å². The van der Waals surface area contributed by atoms with Crippen LogP contribution in [0.2, 0.25) is 0 Å². The van der Waals surface area contributed by atoms with E-state index in [-0.39, 0.29) is 5.69 Å². The van der Waals surface area contributed by atoms with E-state index in [4.69, 9.17) is 9.47 Å². The lowest BCUT2D eigenvalue weighted by Gasteiger charge is -2.41. The highest BCUT2D eigenvalue weighted by Gasteiger charge is 2.47. The minimum atomic E-state index is -4.76. The van der Waals surface area contributed by atoms with Crippen LogP contribution in [0.4, 0.5) is 18.9 Å². The van der Waals surface area contributed by atoms with Crippen molar-refractivity contribution in [3.8, 4) is 6.07 Å². The molecule has 0 aliphatic carbocycles. The second kappa shape index (κ2) is 14.1. The quantitative estimate of drug-likeness (QED) is 0.0776. The summed E-state index contributed by atoms with van der Waals surface area (Å²) in [5.41, 5.74) is -2.38. The normalized spacial score (nSPS) is 25.9. The highest BCUT2D eigenvalue weighted by Crippen LogP contribution is 2.31. The molecule has 14 nitrogen and oxygen atoms in total. The van der Waals surface area contributed by atoms with Crippen LogP contribution >= 0.6 is 0 Å². The van der Waals surface area contributed by atoms with Gasteiger partial charge in [0.25, 0.3) is 5.91 Å². The Morgan fingerprint density at radius 3 is 2.15 bits per heavy atom. The molecule has 0 bridgehead atoms. The lowest BCUT2D eigenvalue weighted by atomic mass is 9.98. The van der Waals surface area contributed by atoms with E-state index in [0.29, 0.717) is 17.0 Å². The number of nitrogens with zero attached hydrogens (tertiary/aromatic N) is 2. The number of amides is 1. The number of ketones is 1. The van der Waals surface area contributed by atoms with Gasteiger partial charge in [-0.25, -0.2) is 0 Å². The molecule has 1 amide bonds. The number of allylic oxidation sites excluding steroid dienone is 1. The van der Waals surface area contributed by atoms with Crippen molar-refractivity contribution in [3.63, 3.8) is 0 Å². The number of hydrogen-bond donors (Lipinski definition) is 8. The summed E-state index contributed by atoms with van der Waals surface area (Å²) in [6.45, 7) is -2.22. The molecule has 3 unspecified atom stereocenters. The van der Waals surface area contributed by atoms with Crippen molar-refractivity contribution in [2.45, 2.75) is 62.1 Å². The zero-order valence-electron chi connectivity index (χ0n) is 21.3. The molecule has 0 aromatic heterocycles. The number of anilines is 1. The Bertz CT molecular complexity index is 1130. The number of aliphatic hydroxyl groups excluding tert-OH is 8. The standard InChI is InChI=1S/C24H29F3N2O12/c1-10(32)13(6-28)22(39)29(12-4-2-11(3-5-12)24(25,26)27)7-14(33)17(35)21(15(34)8-30)41-23-20(38)19(37)18(36)16(9-31)40-23/h2-5,15-21,23,30-32,34-38H,7-9H2,1H3/b13-10-/t15?,16-,17?,18+,19+,20-,21?,23+/m1/s1. The van der Waals surface area contributed by atoms with E-state index in [0.717, 1.165) is 19.1 Å². The number of Topliss-reactive ketones (excluding diaryl/α,β-unsaturated/α-hetero) is 1. The fraction of sp³-hybridized carbons (Fsp3) is 0.542. The van der Waals surface area contributed by atoms with Crippen LogP contribution < -0.4 is 4.90 Å². The number of carbonyl (C=O) groups excluding carboxylic acids is 2. The molecular weight excluding hydrogens is 565 g/mol. The van der Waals surface area contributed by atoms with Crippen LogP contribution in [0.25, 0.3) is 0 Å². The van der Waals surface area contributed by atoms with Crippen LogP contribution in [0.15, 0.2) is 35.6 Å². The van der Waals surface area contributed by atoms with Gasteiger partial charge in [0, 0.05) is 5.69 Å². The lowest BCUT2D eigenvalue weighted by Crippen LogP contribution is -2.61. The molecule has 0 spiro atoms. The molecule has 17 heteroatoms. The zero-order chi connectivity index (χ0) is 31.2. The maximum absolute atomic E-state index is 13.1. The Kier molecular flexibility index (Phi) is 11.7. The number of aliphatic hydroxyl groups is 8. The fourth-order valence-corrected chi connectivity index (χ4v) is 3.78. The van der Waals surface area contributed by atoms with E-state index in [1.165, 1.54) is 6.07 Å². The third-order valence-electron chi connectivity index (χ3n) is 6.10. The fourth-order valence-electron chi connectivity index (χ4n) is 3.78. The van der Waals surface area contributed by atoms with Gasteiger partial charge in [-0.3, -0.25) is 9.59 Å². The maximum atomic E-state index is 13.1. The lowest BCUT2D eigenvalue weighted by molar-refractivity contribution is -0.323. The second-order valence-electron chi connectivity index (χ2n) is 8.97. The van der Waals surface area contributed by atoms with Crippen LogP contribution in [0.3, 0.4) is 0 Å². The van der Waals surface area contributed by atoms with Gasteiger partial charge in [-0.15, -0.1) is 0 Å². The Labute approximate surface area is 230 Å². The molecule has 0 saturated carbocycles. The first-order valence-corrected chi connectivity index (χ1v) is 11.8. The molecule has 1 aromatic rings. The molecule has 8 N–H and O–H groups in total.